The summed E-state index contributed by atoms with van der Waals surface area (Å²) >= 11 is 0. The van der Waals surface area contributed by atoms with Crippen LogP contribution in [-0.4, -0.2) is 57.6 Å². The maximum Gasteiger partial charge on any atom is 0.111 e. The SMILES string of the molecule is Cc1ccc(C[C@@H]2O[C@H](CO)[C@@H](O)[C@H](O)[C@H]2O)cc1. The van der Waals surface area contributed by atoms with Gasteiger partial charge in [-0.3, -0.25) is 0 Å². The summed E-state index contributed by atoms with van der Waals surface area (Å²) < 4.78 is 5.45. The van der Waals surface area contributed by atoms with E-state index in [9.17, 15) is 15.3 Å². The fraction of sp³-hybridized carbons (Fsp3) is 0.571. The highest BCUT2D eigenvalue weighted by Crippen LogP contribution is 2.23. The molecule has 1 aliphatic rings. The molecule has 1 saturated heterocycles. The molecule has 4 N–H and O–H groups in total. The summed E-state index contributed by atoms with van der Waals surface area (Å²) in [5, 5.41) is 38.4. The van der Waals surface area contributed by atoms with Gasteiger partial charge in [0.2, 0.25) is 0 Å². The molecule has 0 aromatic heterocycles. The lowest BCUT2D eigenvalue weighted by molar-refractivity contribution is -0.228. The third-order valence-electron chi connectivity index (χ3n) is 3.55. The second-order valence-corrected chi connectivity index (χ2v) is 5.06. The Balaban J connectivity index is 2.08. The first kappa shape index (κ1) is 14.4. The average Bonchev–Trinajstić information content (AvgIpc) is 2.42. The quantitative estimate of drug-likeness (QED) is 0.586. The molecule has 5 atom stereocenters. The van der Waals surface area contributed by atoms with Gasteiger partial charge in [0.25, 0.3) is 0 Å². The van der Waals surface area contributed by atoms with Gasteiger partial charge in [-0.25, -0.2) is 0 Å². The first-order valence-electron chi connectivity index (χ1n) is 6.39. The van der Waals surface area contributed by atoms with E-state index < -0.39 is 37.1 Å². The standard InChI is InChI=1S/C14H20O5/c1-8-2-4-9(5-3-8)6-10-12(16)14(18)13(17)11(7-15)19-10/h2-5,10-18H,6-7H2,1H3/t10-,11+,12-,13+,14+/m0/s1. The van der Waals surface area contributed by atoms with Gasteiger partial charge < -0.3 is 25.2 Å². The van der Waals surface area contributed by atoms with Crippen LogP contribution in [0, 0.1) is 6.92 Å². The van der Waals surface area contributed by atoms with Gasteiger partial charge in [-0.1, -0.05) is 29.8 Å². The van der Waals surface area contributed by atoms with Crippen LogP contribution in [0.4, 0.5) is 0 Å². The van der Waals surface area contributed by atoms with E-state index in [1.807, 2.05) is 31.2 Å². The Morgan fingerprint density at radius 2 is 1.53 bits per heavy atom. The van der Waals surface area contributed by atoms with Crippen LogP contribution in [0.1, 0.15) is 11.1 Å². The van der Waals surface area contributed by atoms with Gasteiger partial charge in [0.05, 0.1) is 12.7 Å². The molecule has 1 fully saturated rings. The highest BCUT2D eigenvalue weighted by molar-refractivity contribution is 5.22. The Morgan fingerprint density at radius 1 is 0.947 bits per heavy atom. The molecule has 0 spiro atoms. The fourth-order valence-electron chi connectivity index (χ4n) is 2.30. The van der Waals surface area contributed by atoms with Crippen molar-refractivity contribution >= 4 is 0 Å². The van der Waals surface area contributed by atoms with Crippen molar-refractivity contribution in [2.24, 2.45) is 0 Å². The van der Waals surface area contributed by atoms with Crippen molar-refractivity contribution in [2.75, 3.05) is 6.61 Å². The number of benzene rings is 1. The lowest BCUT2D eigenvalue weighted by Crippen LogP contribution is -2.58. The second kappa shape index (κ2) is 5.98. The van der Waals surface area contributed by atoms with Crippen molar-refractivity contribution in [2.45, 2.75) is 43.9 Å². The molecule has 0 bridgehead atoms. The average molecular weight is 268 g/mol. The topological polar surface area (TPSA) is 90.2 Å². The third kappa shape index (κ3) is 3.13. The second-order valence-electron chi connectivity index (χ2n) is 5.06. The lowest BCUT2D eigenvalue weighted by Gasteiger charge is -2.40. The first-order chi connectivity index (χ1) is 9.02. The van der Waals surface area contributed by atoms with Gasteiger partial charge in [-0.05, 0) is 12.5 Å². The molecule has 19 heavy (non-hydrogen) atoms. The van der Waals surface area contributed by atoms with Crippen molar-refractivity contribution in [3.63, 3.8) is 0 Å². The van der Waals surface area contributed by atoms with Gasteiger partial charge in [0.1, 0.15) is 24.4 Å². The maximum atomic E-state index is 9.92. The van der Waals surface area contributed by atoms with E-state index in [4.69, 9.17) is 9.84 Å². The zero-order valence-corrected chi connectivity index (χ0v) is 10.8. The molecule has 106 valence electrons. The van der Waals surface area contributed by atoms with Crippen LogP contribution < -0.4 is 0 Å². The maximum absolute atomic E-state index is 9.92. The third-order valence-corrected chi connectivity index (χ3v) is 3.55. The molecule has 5 heteroatoms. The van der Waals surface area contributed by atoms with Crippen LogP contribution in [-0.2, 0) is 11.2 Å². The van der Waals surface area contributed by atoms with Crippen LogP contribution in [0.2, 0.25) is 0 Å². The van der Waals surface area contributed by atoms with Crippen LogP contribution in [0.25, 0.3) is 0 Å². The van der Waals surface area contributed by atoms with E-state index in [2.05, 4.69) is 0 Å². The van der Waals surface area contributed by atoms with Crippen LogP contribution in [0.3, 0.4) is 0 Å². The van der Waals surface area contributed by atoms with E-state index in [1.165, 1.54) is 0 Å². The first-order valence-corrected chi connectivity index (χ1v) is 6.39. The number of rotatable bonds is 3. The van der Waals surface area contributed by atoms with Gasteiger partial charge in [-0.15, -0.1) is 0 Å². The summed E-state index contributed by atoms with van der Waals surface area (Å²) in [5.74, 6) is 0. The van der Waals surface area contributed by atoms with E-state index in [0.29, 0.717) is 6.42 Å². The Labute approximate surface area is 112 Å². The molecular formula is C14H20O5. The van der Waals surface area contributed by atoms with E-state index >= 15 is 0 Å². The minimum absolute atomic E-state index is 0.394. The smallest absolute Gasteiger partial charge is 0.111 e. The number of aryl methyl sites for hydroxylation is 1. The molecular weight excluding hydrogens is 248 g/mol. The molecule has 1 heterocycles. The van der Waals surface area contributed by atoms with Gasteiger partial charge in [-0.2, -0.15) is 0 Å². The molecule has 1 aromatic rings. The number of hydrogen-bond donors (Lipinski definition) is 4. The highest BCUT2D eigenvalue weighted by atomic mass is 16.5. The minimum atomic E-state index is -1.30. The van der Waals surface area contributed by atoms with Crippen molar-refractivity contribution in [3.8, 4) is 0 Å². The van der Waals surface area contributed by atoms with E-state index in [0.717, 1.165) is 11.1 Å². The van der Waals surface area contributed by atoms with Crippen molar-refractivity contribution in [3.05, 3.63) is 35.4 Å². The van der Waals surface area contributed by atoms with Crippen LogP contribution in [0.5, 0.6) is 0 Å². The Kier molecular flexibility index (Phi) is 4.54. The number of hydrogen-bond acceptors (Lipinski definition) is 5. The Bertz CT molecular complexity index is 403. The normalized spacial score (nSPS) is 35.3. The molecule has 0 aliphatic carbocycles. The summed E-state index contributed by atoms with van der Waals surface area (Å²) in [4.78, 5) is 0. The van der Waals surface area contributed by atoms with Gasteiger partial charge in [0, 0.05) is 6.42 Å². The molecule has 0 radical (unpaired) electrons. The van der Waals surface area contributed by atoms with Gasteiger partial charge >= 0.3 is 0 Å². The molecule has 0 amide bonds. The highest BCUT2D eigenvalue weighted by Gasteiger charge is 2.43. The summed E-state index contributed by atoms with van der Waals surface area (Å²) in [7, 11) is 0. The van der Waals surface area contributed by atoms with Crippen LogP contribution >= 0.6 is 0 Å². The summed E-state index contributed by atoms with van der Waals surface area (Å²) in [6.45, 7) is 1.59. The minimum Gasteiger partial charge on any atom is -0.394 e. The number of aliphatic hydroxyl groups excluding tert-OH is 4. The summed E-state index contributed by atoms with van der Waals surface area (Å²) in [6, 6.07) is 7.77. The zero-order valence-electron chi connectivity index (χ0n) is 10.8. The Hall–Kier alpha value is -0.980. The predicted octanol–water partition coefficient (Wildman–Crippen LogP) is -0.620. The van der Waals surface area contributed by atoms with Crippen LogP contribution in [0.15, 0.2) is 24.3 Å². The fourth-order valence-corrected chi connectivity index (χ4v) is 2.30. The van der Waals surface area contributed by atoms with Crippen molar-refractivity contribution < 1.29 is 25.2 Å². The van der Waals surface area contributed by atoms with E-state index in [-0.39, 0.29) is 0 Å². The van der Waals surface area contributed by atoms with Crippen molar-refractivity contribution in [1.82, 2.24) is 0 Å². The molecule has 0 saturated carbocycles. The van der Waals surface area contributed by atoms with E-state index in [1.54, 1.807) is 0 Å². The molecule has 0 unspecified atom stereocenters. The molecule has 1 aromatic carbocycles. The number of aliphatic hydroxyl groups is 4. The van der Waals surface area contributed by atoms with Gasteiger partial charge in [0.15, 0.2) is 0 Å². The zero-order chi connectivity index (χ0) is 14.0. The molecule has 5 nitrogen and oxygen atoms in total. The lowest BCUT2D eigenvalue weighted by atomic mass is 9.91. The molecule has 1 aliphatic heterocycles. The largest absolute Gasteiger partial charge is 0.394 e. The summed E-state index contributed by atoms with van der Waals surface area (Å²) in [6.07, 6.45) is -4.83. The summed E-state index contributed by atoms with van der Waals surface area (Å²) in [5.41, 5.74) is 2.10. The molecule has 2 rings (SSSR count). The predicted molar refractivity (Wildman–Crippen MR) is 68.7 cm³/mol. The van der Waals surface area contributed by atoms with Crippen molar-refractivity contribution in [1.29, 1.82) is 0 Å². The monoisotopic (exact) mass is 268 g/mol. The number of ether oxygens (including phenoxy) is 1. The Morgan fingerprint density at radius 3 is 2.11 bits per heavy atom.